The van der Waals surface area contributed by atoms with Gasteiger partial charge in [0.25, 0.3) is 0 Å². The third-order valence-electron chi connectivity index (χ3n) is 2.70. The van der Waals surface area contributed by atoms with Gasteiger partial charge in [-0.1, -0.05) is 43.5 Å². The average Bonchev–Trinajstić information content (AvgIpc) is 2.76. The molecule has 0 amide bonds. The van der Waals surface area contributed by atoms with Crippen molar-refractivity contribution in [3.63, 3.8) is 0 Å². The number of nitrogens with zero attached hydrogens (tertiary/aromatic N) is 4. The van der Waals surface area contributed by atoms with E-state index in [1.807, 2.05) is 29.5 Å². The van der Waals surface area contributed by atoms with Crippen molar-refractivity contribution >= 4 is 49.1 Å². The Labute approximate surface area is 131 Å². The van der Waals surface area contributed by atoms with Crippen LogP contribution < -0.4 is 0 Å². The molecule has 2 heterocycles. The van der Waals surface area contributed by atoms with Gasteiger partial charge in [-0.2, -0.15) is 0 Å². The van der Waals surface area contributed by atoms with E-state index in [2.05, 4.69) is 47.0 Å². The van der Waals surface area contributed by atoms with E-state index < -0.39 is 0 Å². The summed E-state index contributed by atoms with van der Waals surface area (Å²) >= 11 is 12.9. The third kappa shape index (κ3) is 2.28. The van der Waals surface area contributed by atoms with Gasteiger partial charge in [0.05, 0.1) is 0 Å². The Kier molecular flexibility index (Phi) is 3.32. The van der Waals surface area contributed by atoms with Crippen molar-refractivity contribution in [2.45, 2.75) is 6.92 Å². The second-order valence-corrected chi connectivity index (χ2v) is 6.12. The Morgan fingerprint density at radius 3 is 2.74 bits per heavy atom. The fourth-order valence-electron chi connectivity index (χ4n) is 1.90. The number of hydrogen-bond donors (Lipinski definition) is 0. The van der Waals surface area contributed by atoms with E-state index >= 15 is 0 Å². The van der Waals surface area contributed by atoms with E-state index in [0.29, 0.717) is 10.8 Å². The van der Waals surface area contributed by atoms with Crippen LogP contribution in [0.3, 0.4) is 0 Å². The summed E-state index contributed by atoms with van der Waals surface area (Å²) in [6, 6.07) is 7.59. The maximum absolute atomic E-state index is 5.93. The first-order valence-corrected chi connectivity index (χ1v) is 7.36. The zero-order valence-corrected chi connectivity index (χ0v) is 13.7. The number of rotatable bonds is 1. The van der Waals surface area contributed by atoms with Gasteiger partial charge in [-0.05, 0) is 25.1 Å². The highest BCUT2D eigenvalue weighted by Gasteiger charge is 2.14. The molecule has 0 bridgehead atoms. The molecule has 19 heavy (non-hydrogen) atoms. The van der Waals surface area contributed by atoms with Gasteiger partial charge in [-0.15, -0.1) is 10.2 Å². The van der Waals surface area contributed by atoms with E-state index in [4.69, 9.17) is 11.6 Å². The summed E-state index contributed by atoms with van der Waals surface area (Å²) in [6.07, 6.45) is 0. The fourth-order valence-corrected chi connectivity index (χ4v) is 2.90. The highest BCUT2D eigenvalue weighted by atomic mass is 79.9. The van der Waals surface area contributed by atoms with Crippen LogP contribution in [0.15, 0.2) is 33.2 Å². The molecule has 7 heteroatoms. The Morgan fingerprint density at radius 1 is 1.16 bits per heavy atom. The Morgan fingerprint density at radius 2 is 1.95 bits per heavy atom. The molecule has 0 saturated carbocycles. The number of aromatic nitrogens is 4. The number of benzene rings is 1. The van der Waals surface area contributed by atoms with Crippen molar-refractivity contribution in [2.75, 3.05) is 0 Å². The largest absolute Gasteiger partial charge is 0.263 e. The molecule has 0 spiro atoms. The highest BCUT2D eigenvalue weighted by Crippen LogP contribution is 2.30. The van der Waals surface area contributed by atoms with Crippen LogP contribution >= 0.6 is 43.5 Å². The minimum Gasteiger partial charge on any atom is -0.263 e. The van der Waals surface area contributed by atoms with Crippen molar-refractivity contribution in [2.24, 2.45) is 0 Å². The van der Waals surface area contributed by atoms with Crippen molar-refractivity contribution in [3.05, 3.63) is 44.2 Å². The molecule has 0 aliphatic rings. The molecule has 3 aromatic rings. The Bertz CT molecular complexity index is 785. The van der Waals surface area contributed by atoms with Gasteiger partial charge in [0, 0.05) is 20.6 Å². The third-order valence-corrected chi connectivity index (χ3v) is 4.08. The van der Waals surface area contributed by atoms with Gasteiger partial charge >= 0.3 is 0 Å². The predicted octanol–water partition coefficient (Wildman–Crippen LogP) is 4.28. The SMILES string of the molecule is Cc1nc(Cl)cc2nnc(-c3cc(Br)ccc3Br)n12. The van der Waals surface area contributed by atoms with Crippen LogP contribution in [0, 0.1) is 6.92 Å². The number of hydrogen-bond acceptors (Lipinski definition) is 3. The monoisotopic (exact) mass is 400 g/mol. The highest BCUT2D eigenvalue weighted by molar-refractivity contribution is 9.11. The van der Waals surface area contributed by atoms with Gasteiger partial charge in [-0.25, -0.2) is 4.98 Å². The standard InChI is InChI=1S/C12H7Br2ClN4/c1-6-16-10(15)5-11-17-18-12(19(6)11)8-4-7(13)2-3-9(8)14/h2-5H,1H3. The van der Waals surface area contributed by atoms with E-state index in [9.17, 15) is 0 Å². The van der Waals surface area contributed by atoms with Crippen LogP contribution in [-0.4, -0.2) is 19.6 Å². The zero-order chi connectivity index (χ0) is 13.6. The first-order valence-electron chi connectivity index (χ1n) is 5.40. The average molecular weight is 402 g/mol. The topological polar surface area (TPSA) is 43.1 Å². The van der Waals surface area contributed by atoms with E-state index in [1.54, 1.807) is 6.07 Å². The molecule has 3 rings (SSSR count). The summed E-state index contributed by atoms with van der Waals surface area (Å²) in [4.78, 5) is 4.23. The molecule has 0 fully saturated rings. The summed E-state index contributed by atoms with van der Waals surface area (Å²) in [6.45, 7) is 1.87. The van der Waals surface area contributed by atoms with Gasteiger partial charge in [0.15, 0.2) is 11.5 Å². The number of halogens is 3. The minimum atomic E-state index is 0.414. The molecule has 1 aromatic carbocycles. The molecule has 2 aromatic heterocycles. The summed E-state index contributed by atoms with van der Waals surface area (Å²) < 4.78 is 3.79. The van der Waals surface area contributed by atoms with E-state index in [0.717, 1.165) is 26.2 Å². The van der Waals surface area contributed by atoms with Crippen molar-refractivity contribution in [3.8, 4) is 11.4 Å². The Balaban J connectivity index is 2.34. The maximum atomic E-state index is 5.93. The molecule has 0 N–H and O–H groups in total. The summed E-state index contributed by atoms with van der Waals surface area (Å²) in [7, 11) is 0. The van der Waals surface area contributed by atoms with Crippen LogP contribution in [0.2, 0.25) is 5.15 Å². The molecule has 4 nitrogen and oxygen atoms in total. The summed E-state index contributed by atoms with van der Waals surface area (Å²) in [5, 5.41) is 8.79. The first-order chi connectivity index (χ1) is 9.06. The molecular formula is C12H7Br2ClN4. The quantitative estimate of drug-likeness (QED) is 0.571. The van der Waals surface area contributed by atoms with Crippen LogP contribution in [0.5, 0.6) is 0 Å². The second kappa shape index (κ2) is 4.85. The minimum absolute atomic E-state index is 0.414. The van der Waals surface area contributed by atoms with E-state index in [1.165, 1.54) is 0 Å². The zero-order valence-electron chi connectivity index (χ0n) is 9.73. The smallest absolute Gasteiger partial charge is 0.170 e. The van der Waals surface area contributed by atoms with Crippen LogP contribution in [0.4, 0.5) is 0 Å². The lowest BCUT2D eigenvalue weighted by molar-refractivity contribution is 0.987. The lowest BCUT2D eigenvalue weighted by Crippen LogP contribution is -1.98. The summed E-state index contributed by atoms with van der Waals surface area (Å²) in [5.41, 5.74) is 1.62. The van der Waals surface area contributed by atoms with Crippen LogP contribution in [-0.2, 0) is 0 Å². The molecule has 0 saturated heterocycles. The normalized spacial score (nSPS) is 11.2. The molecule has 0 aliphatic carbocycles. The Hall–Kier alpha value is -0.980. The maximum Gasteiger partial charge on any atom is 0.170 e. The summed E-state index contributed by atoms with van der Waals surface area (Å²) in [5.74, 6) is 1.47. The molecule has 0 radical (unpaired) electrons. The molecular weight excluding hydrogens is 395 g/mol. The van der Waals surface area contributed by atoms with E-state index in [-0.39, 0.29) is 0 Å². The van der Waals surface area contributed by atoms with Gasteiger partial charge in [0.1, 0.15) is 11.0 Å². The van der Waals surface area contributed by atoms with Gasteiger partial charge in [0.2, 0.25) is 0 Å². The van der Waals surface area contributed by atoms with Gasteiger partial charge < -0.3 is 0 Å². The first kappa shape index (κ1) is 13.0. The van der Waals surface area contributed by atoms with Crippen LogP contribution in [0.25, 0.3) is 17.0 Å². The number of aryl methyl sites for hydroxylation is 1. The molecule has 0 aliphatic heterocycles. The molecule has 96 valence electrons. The van der Waals surface area contributed by atoms with Crippen molar-refractivity contribution < 1.29 is 0 Å². The lowest BCUT2D eigenvalue weighted by atomic mass is 10.2. The van der Waals surface area contributed by atoms with Gasteiger partial charge in [-0.3, -0.25) is 4.40 Å². The van der Waals surface area contributed by atoms with Crippen LogP contribution in [0.1, 0.15) is 5.82 Å². The second-order valence-electron chi connectivity index (χ2n) is 3.97. The molecule has 0 atom stereocenters. The predicted molar refractivity (Wildman–Crippen MR) is 81.4 cm³/mol. The van der Waals surface area contributed by atoms with Crippen molar-refractivity contribution in [1.82, 2.24) is 19.6 Å². The van der Waals surface area contributed by atoms with Crippen molar-refractivity contribution in [1.29, 1.82) is 0 Å². The lowest BCUT2D eigenvalue weighted by Gasteiger charge is -2.06. The number of fused-ring (bicyclic) bond motifs is 1. The fraction of sp³-hybridized carbons (Fsp3) is 0.0833. The molecule has 0 unspecified atom stereocenters.